The molecular weight excluding hydrogens is 451 g/mol. The minimum absolute atomic E-state index is 0.113. The van der Waals surface area contributed by atoms with Crippen LogP contribution < -0.4 is 19.3 Å². The van der Waals surface area contributed by atoms with Crippen molar-refractivity contribution >= 4 is 11.6 Å². The largest absolute Gasteiger partial charge is 0.481 e. The minimum atomic E-state index is -4.57. The van der Waals surface area contributed by atoms with E-state index in [0.717, 1.165) is 30.3 Å². The van der Waals surface area contributed by atoms with Crippen LogP contribution in [-0.2, 0) is 19.1 Å². The van der Waals surface area contributed by atoms with Gasteiger partial charge < -0.3 is 19.3 Å². The molecule has 3 aromatic rings. The van der Waals surface area contributed by atoms with Gasteiger partial charge in [0, 0.05) is 38.3 Å². The summed E-state index contributed by atoms with van der Waals surface area (Å²) in [5, 5.41) is 0. The highest BCUT2D eigenvalue weighted by atomic mass is 19.4. The summed E-state index contributed by atoms with van der Waals surface area (Å²) in [5.74, 6) is 0.652. The van der Waals surface area contributed by atoms with Crippen LogP contribution >= 0.6 is 0 Å². The monoisotopic (exact) mass is 473 g/mol. The van der Waals surface area contributed by atoms with Gasteiger partial charge in [0.15, 0.2) is 0 Å². The Balaban J connectivity index is 1.35. The molecule has 0 amide bonds. The predicted molar refractivity (Wildman–Crippen MR) is 116 cm³/mol. The fourth-order valence-electron chi connectivity index (χ4n) is 4.24. The molecule has 1 unspecified atom stereocenters. The lowest BCUT2D eigenvalue weighted by Gasteiger charge is -2.31. The Hall–Kier alpha value is -3.70. The van der Waals surface area contributed by atoms with Gasteiger partial charge in [0.25, 0.3) is 0 Å². The number of pyridine rings is 1. The molecule has 0 aliphatic carbocycles. The first-order valence-corrected chi connectivity index (χ1v) is 10.8. The molecule has 3 aromatic heterocycles. The van der Waals surface area contributed by atoms with Gasteiger partial charge in [-0.3, -0.25) is 0 Å². The van der Waals surface area contributed by atoms with Crippen molar-refractivity contribution in [2.24, 2.45) is 0 Å². The van der Waals surface area contributed by atoms with Crippen LogP contribution in [-0.4, -0.2) is 57.8 Å². The Morgan fingerprint density at radius 1 is 1.00 bits per heavy atom. The number of hydrogen-bond acceptors (Lipinski definition) is 9. The van der Waals surface area contributed by atoms with E-state index < -0.39 is 17.6 Å². The number of aromatic nitrogens is 5. The third-order valence-corrected chi connectivity index (χ3v) is 5.92. The summed E-state index contributed by atoms with van der Waals surface area (Å²) in [6.07, 6.45) is 2.89. The lowest BCUT2D eigenvalue weighted by Crippen LogP contribution is -2.33. The molecule has 2 aliphatic rings. The second kappa shape index (κ2) is 8.92. The van der Waals surface area contributed by atoms with Gasteiger partial charge in [-0.1, -0.05) is 0 Å². The van der Waals surface area contributed by atoms with Gasteiger partial charge in [-0.15, -0.1) is 0 Å². The van der Waals surface area contributed by atoms with E-state index in [-0.39, 0.29) is 6.10 Å². The molecule has 1 atom stereocenters. The van der Waals surface area contributed by atoms with Crippen molar-refractivity contribution in [2.75, 3.05) is 36.5 Å². The van der Waals surface area contributed by atoms with E-state index >= 15 is 0 Å². The summed E-state index contributed by atoms with van der Waals surface area (Å²) >= 11 is 0. The van der Waals surface area contributed by atoms with Crippen LogP contribution in [0.1, 0.15) is 23.2 Å². The number of halogens is 3. The quantitative estimate of drug-likeness (QED) is 0.555. The molecule has 178 valence electrons. The van der Waals surface area contributed by atoms with E-state index in [4.69, 9.17) is 9.47 Å². The van der Waals surface area contributed by atoms with Gasteiger partial charge in [0.2, 0.25) is 17.7 Å². The number of anilines is 2. The molecule has 12 heteroatoms. The fourth-order valence-corrected chi connectivity index (χ4v) is 4.24. The zero-order valence-corrected chi connectivity index (χ0v) is 18.4. The summed E-state index contributed by atoms with van der Waals surface area (Å²) in [7, 11) is 1.17. The molecule has 34 heavy (non-hydrogen) atoms. The Bertz CT molecular complexity index is 1160. The van der Waals surface area contributed by atoms with Crippen molar-refractivity contribution in [1.82, 2.24) is 24.9 Å². The number of alkyl halides is 3. The second-order valence-corrected chi connectivity index (χ2v) is 8.05. The van der Waals surface area contributed by atoms with E-state index in [1.165, 1.54) is 19.6 Å². The van der Waals surface area contributed by atoms with Crippen molar-refractivity contribution in [2.45, 2.75) is 31.7 Å². The Kier molecular flexibility index (Phi) is 5.80. The SMILES string of the molecule is COc1ncc(N2CCc3ncnc(OC4CCN(c5ncccn5)C4)c3C2)cc1C(F)(F)F. The number of hydrogen-bond donors (Lipinski definition) is 0. The van der Waals surface area contributed by atoms with E-state index in [0.29, 0.717) is 43.6 Å². The van der Waals surface area contributed by atoms with E-state index in [1.807, 2.05) is 9.80 Å². The highest BCUT2D eigenvalue weighted by molar-refractivity contribution is 5.53. The summed E-state index contributed by atoms with van der Waals surface area (Å²) in [6.45, 7) is 2.18. The van der Waals surface area contributed by atoms with Crippen molar-refractivity contribution in [3.05, 3.63) is 53.9 Å². The molecule has 0 N–H and O–H groups in total. The molecule has 0 aromatic carbocycles. The molecular formula is C22H22F3N7O2. The molecule has 1 fully saturated rings. The Morgan fingerprint density at radius 3 is 2.59 bits per heavy atom. The second-order valence-electron chi connectivity index (χ2n) is 8.05. The number of methoxy groups -OCH3 is 1. The lowest BCUT2D eigenvalue weighted by atomic mass is 10.1. The van der Waals surface area contributed by atoms with E-state index in [2.05, 4.69) is 24.9 Å². The summed E-state index contributed by atoms with van der Waals surface area (Å²) in [6, 6.07) is 2.83. The zero-order valence-electron chi connectivity index (χ0n) is 18.4. The van der Waals surface area contributed by atoms with E-state index in [9.17, 15) is 13.2 Å². The maximum Gasteiger partial charge on any atom is 0.421 e. The highest BCUT2D eigenvalue weighted by Crippen LogP contribution is 2.38. The van der Waals surface area contributed by atoms with Gasteiger partial charge in [0.05, 0.1) is 43.3 Å². The maximum absolute atomic E-state index is 13.5. The molecule has 5 heterocycles. The highest BCUT2D eigenvalue weighted by Gasteiger charge is 2.36. The summed E-state index contributed by atoms with van der Waals surface area (Å²) in [4.78, 5) is 25.0. The van der Waals surface area contributed by atoms with Gasteiger partial charge in [0.1, 0.15) is 18.0 Å². The van der Waals surface area contributed by atoms with Crippen LogP contribution in [0, 0.1) is 0 Å². The van der Waals surface area contributed by atoms with E-state index in [1.54, 1.807) is 18.5 Å². The van der Waals surface area contributed by atoms with Gasteiger partial charge in [-0.05, 0) is 12.1 Å². The van der Waals surface area contributed by atoms with Crippen LogP contribution in [0.3, 0.4) is 0 Å². The average molecular weight is 473 g/mol. The van der Waals surface area contributed by atoms with Gasteiger partial charge in [-0.2, -0.15) is 13.2 Å². The molecule has 1 saturated heterocycles. The predicted octanol–water partition coefficient (Wildman–Crippen LogP) is 2.91. The summed E-state index contributed by atoms with van der Waals surface area (Å²) in [5.41, 5.74) is 1.04. The van der Waals surface area contributed by atoms with Crippen LogP contribution in [0.5, 0.6) is 11.8 Å². The molecule has 0 saturated carbocycles. The van der Waals surface area contributed by atoms with Crippen LogP contribution in [0.15, 0.2) is 37.1 Å². The Labute approximate surface area is 193 Å². The standard InChI is InChI=1S/C22H22F3N7O2/c1-33-20-17(22(23,24)25)9-14(10-28-20)31-8-4-18-16(12-31)19(30-13-29-18)34-15-3-7-32(11-15)21-26-5-2-6-27-21/h2,5-6,9-10,13,15H,3-4,7-8,11-12H2,1H3. The molecule has 0 radical (unpaired) electrons. The smallest absolute Gasteiger partial charge is 0.421 e. The third kappa shape index (κ3) is 4.39. The van der Waals surface area contributed by atoms with Crippen molar-refractivity contribution < 1.29 is 22.6 Å². The average Bonchev–Trinajstić information content (AvgIpc) is 3.32. The number of fused-ring (bicyclic) bond motifs is 1. The zero-order chi connectivity index (χ0) is 23.7. The first-order chi connectivity index (χ1) is 16.4. The molecule has 9 nitrogen and oxygen atoms in total. The normalized spacial score (nSPS) is 18.1. The first kappa shape index (κ1) is 22.1. The molecule has 2 aliphatic heterocycles. The fraction of sp³-hybridized carbons (Fsp3) is 0.409. The molecule has 5 rings (SSSR count). The first-order valence-electron chi connectivity index (χ1n) is 10.8. The third-order valence-electron chi connectivity index (χ3n) is 5.92. The lowest BCUT2D eigenvalue weighted by molar-refractivity contribution is -0.139. The molecule has 0 spiro atoms. The number of ether oxygens (including phenoxy) is 2. The minimum Gasteiger partial charge on any atom is -0.481 e. The topological polar surface area (TPSA) is 89.4 Å². The Morgan fingerprint density at radius 2 is 1.82 bits per heavy atom. The van der Waals surface area contributed by atoms with Gasteiger partial charge >= 0.3 is 6.18 Å². The van der Waals surface area contributed by atoms with Crippen LogP contribution in [0.2, 0.25) is 0 Å². The maximum atomic E-state index is 13.5. The van der Waals surface area contributed by atoms with Crippen molar-refractivity contribution in [1.29, 1.82) is 0 Å². The number of nitrogens with zero attached hydrogens (tertiary/aromatic N) is 7. The molecule has 0 bridgehead atoms. The van der Waals surface area contributed by atoms with Gasteiger partial charge in [-0.25, -0.2) is 24.9 Å². The number of rotatable bonds is 5. The van der Waals surface area contributed by atoms with Crippen molar-refractivity contribution in [3.8, 4) is 11.8 Å². The summed E-state index contributed by atoms with van der Waals surface area (Å²) < 4.78 is 51.5. The van der Waals surface area contributed by atoms with Crippen molar-refractivity contribution in [3.63, 3.8) is 0 Å². The van der Waals surface area contributed by atoms with Crippen LogP contribution in [0.25, 0.3) is 0 Å². The van der Waals surface area contributed by atoms with Crippen LogP contribution in [0.4, 0.5) is 24.8 Å².